The zero-order chi connectivity index (χ0) is 15.5. The summed E-state index contributed by atoms with van der Waals surface area (Å²) < 4.78 is 0. The van der Waals surface area contributed by atoms with Gasteiger partial charge in [-0.3, -0.25) is 9.59 Å². The summed E-state index contributed by atoms with van der Waals surface area (Å²) in [6.45, 7) is 0.210. The van der Waals surface area contributed by atoms with Crippen LogP contribution in [-0.4, -0.2) is 23.5 Å². The highest BCUT2D eigenvalue weighted by molar-refractivity contribution is 6.01. The van der Waals surface area contributed by atoms with E-state index in [2.05, 4.69) is 5.32 Å². The average Bonchev–Trinajstić information content (AvgIpc) is 2.91. The summed E-state index contributed by atoms with van der Waals surface area (Å²) in [5, 5.41) is 12.4. The highest BCUT2D eigenvalue weighted by Gasteiger charge is 2.35. The number of rotatable bonds is 4. The van der Waals surface area contributed by atoms with Gasteiger partial charge < -0.3 is 15.3 Å². The predicted octanol–water partition coefficient (Wildman–Crippen LogP) is 2.87. The Hall–Kier alpha value is -2.82. The summed E-state index contributed by atoms with van der Waals surface area (Å²) in [6, 6.07) is 17.1. The van der Waals surface area contributed by atoms with Crippen molar-refractivity contribution in [2.45, 2.75) is 6.42 Å². The smallest absolute Gasteiger partial charge is 0.308 e. The number of carboxylic acid groups (broad SMARTS) is 1. The summed E-state index contributed by atoms with van der Waals surface area (Å²) in [7, 11) is 0. The number of carbonyl (C=O) groups excluding carboxylic acids is 1. The fourth-order valence-corrected chi connectivity index (χ4v) is 2.60. The van der Waals surface area contributed by atoms with Crippen LogP contribution in [0.4, 0.5) is 17.1 Å². The third-order valence-corrected chi connectivity index (χ3v) is 3.72. The molecule has 1 saturated heterocycles. The number of para-hydroxylation sites is 3. The SMILES string of the molecule is O=C(O)C1CC(=O)N(c2ccccc2Nc2ccccc2)C1. The molecule has 1 aliphatic heterocycles. The first-order chi connectivity index (χ1) is 10.6. The Morgan fingerprint density at radius 3 is 2.45 bits per heavy atom. The van der Waals surface area contributed by atoms with Crippen molar-refractivity contribution >= 4 is 28.9 Å². The number of carboxylic acids is 1. The van der Waals surface area contributed by atoms with Crippen molar-refractivity contribution in [1.82, 2.24) is 0 Å². The molecule has 0 aliphatic carbocycles. The Morgan fingerprint density at radius 2 is 1.77 bits per heavy atom. The Labute approximate surface area is 128 Å². The minimum absolute atomic E-state index is 0.0506. The standard InChI is InChI=1S/C17H16N2O3/c20-16-10-12(17(21)22)11-19(16)15-9-5-4-8-14(15)18-13-6-2-1-3-7-13/h1-9,12,18H,10-11H2,(H,21,22). The van der Waals surface area contributed by atoms with E-state index in [9.17, 15) is 9.59 Å². The molecular weight excluding hydrogens is 280 g/mol. The molecule has 0 saturated carbocycles. The van der Waals surface area contributed by atoms with Crippen molar-refractivity contribution in [2.24, 2.45) is 5.92 Å². The molecule has 3 rings (SSSR count). The van der Waals surface area contributed by atoms with Gasteiger partial charge in [-0.25, -0.2) is 0 Å². The van der Waals surface area contributed by atoms with Crippen LogP contribution in [-0.2, 0) is 9.59 Å². The number of carbonyl (C=O) groups is 2. The molecule has 0 bridgehead atoms. The summed E-state index contributed by atoms with van der Waals surface area (Å²) in [5.41, 5.74) is 2.41. The molecule has 5 nitrogen and oxygen atoms in total. The lowest BCUT2D eigenvalue weighted by Gasteiger charge is -2.20. The summed E-state index contributed by atoms with van der Waals surface area (Å²) in [6.07, 6.45) is 0.0506. The maximum Gasteiger partial charge on any atom is 0.308 e. The van der Waals surface area contributed by atoms with Gasteiger partial charge in [-0.15, -0.1) is 0 Å². The third-order valence-electron chi connectivity index (χ3n) is 3.72. The number of nitrogens with zero attached hydrogens (tertiary/aromatic N) is 1. The van der Waals surface area contributed by atoms with Gasteiger partial charge in [0.05, 0.1) is 17.3 Å². The van der Waals surface area contributed by atoms with E-state index in [1.54, 1.807) is 4.90 Å². The van der Waals surface area contributed by atoms with Crippen molar-refractivity contribution < 1.29 is 14.7 Å². The summed E-state index contributed by atoms with van der Waals surface area (Å²) >= 11 is 0. The van der Waals surface area contributed by atoms with E-state index in [0.29, 0.717) is 5.69 Å². The molecule has 2 N–H and O–H groups in total. The highest BCUT2D eigenvalue weighted by atomic mass is 16.4. The molecule has 112 valence electrons. The van der Waals surface area contributed by atoms with Crippen LogP contribution in [0.15, 0.2) is 54.6 Å². The maximum atomic E-state index is 12.1. The first kappa shape index (κ1) is 14.1. The van der Waals surface area contributed by atoms with Gasteiger partial charge >= 0.3 is 5.97 Å². The molecule has 22 heavy (non-hydrogen) atoms. The number of hydrogen-bond donors (Lipinski definition) is 2. The van der Waals surface area contributed by atoms with Crippen LogP contribution in [0, 0.1) is 5.92 Å². The second-order valence-electron chi connectivity index (χ2n) is 5.25. The molecule has 0 aromatic heterocycles. The van der Waals surface area contributed by atoms with Crippen LogP contribution in [0.25, 0.3) is 0 Å². The topological polar surface area (TPSA) is 69.6 Å². The van der Waals surface area contributed by atoms with Crippen molar-refractivity contribution in [1.29, 1.82) is 0 Å². The summed E-state index contributed by atoms with van der Waals surface area (Å²) in [5.74, 6) is -1.73. The van der Waals surface area contributed by atoms with Crippen molar-refractivity contribution in [3.63, 3.8) is 0 Å². The van der Waals surface area contributed by atoms with Gasteiger partial charge in [0.25, 0.3) is 0 Å². The molecule has 1 amide bonds. The van der Waals surface area contributed by atoms with Gasteiger partial charge in [-0.1, -0.05) is 30.3 Å². The highest BCUT2D eigenvalue weighted by Crippen LogP contribution is 2.33. The first-order valence-electron chi connectivity index (χ1n) is 7.09. The van der Waals surface area contributed by atoms with Crippen LogP contribution in [0.5, 0.6) is 0 Å². The molecule has 1 unspecified atom stereocenters. The average molecular weight is 296 g/mol. The summed E-state index contributed by atoms with van der Waals surface area (Å²) in [4.78, 5) is 24.8. The van der Waals surface area contributed by atoms with Gasteiger partial charge in [0.15, 0.2) is 0 Å². The van der Waals surface area contributed by atoms with E-state index in [1.807, 2.05) is 54.6 Å². The zero-order valence-corrected chi connectivity index (χ0v) is 11.9. The van der Waals surface area contributed by atoms with Crippen LogP contribution < -0.4 is 10.2 Å². The molecule has 1 aliphatic rings. The lowest BCUT2D eigenvalue weighted by atomic mass is 10.1. The maximum absolute atomic E-state index is 12.1. The lowest BCUT2D eigenvalue weighted by molar-refractivity contribution is -0.141. The molecular formula is C17H16N2O3. The predicted molar refractivity (Wildman–Crippen MR) is 84.3 cm³/mol. The van der Waals surface area contributed by atoms with Crippen molar-refractivity contribution in [3.8, 4) is 0 Å². The molecule has 2 aromatic rings. The number of nitrogens with one attached hydrogen (secondary N) is 1. The zero-order valence-electron chi connectivity index (χ0n) is 11.9. The monoisotopic (exact) mass is 296 g/mol. The van der Waals surface area contributed by atoms with Crippen LogP contribution in [0.2, 0.25) is 0 Å². The quantitative estimate of drug-likeness (QED) is 0.910. The second kappa shape index (κ2) is 5.89. The van der Waals surface area contributed by atoms with E-state index in [-0.39, 0.29) is 18.9 Å². The molecule has 5 heteroatoms. The van der Waals surface area contributed by atoms with E-state index >= 15 is 0 Å². The van der Waals surface area contributed by atoms with Gasteiger partial charge in [0.1, 0.15) is 0 Å². The Bertz CT molecular complexity index is 700. The van der Waals surface area contributed by atoms with Gasteiger partial charge in [-0.05, 0) is 24.3 Å². The molecule has 0 spiro atoms. The molecule has 0 radical (unpaired) electrons. The minimum Gasteiger partial charge on any atom is -0.481 e. The van der Waals surface area contributed by atoms with Gasteiger partial charge in [0.2, 0.25) is 5.91 Å². The van der Waals surface area contributed by atoms with Crippen LogP contribution in [0.1, 0.15) is 6.42 Å². The van der Waals surface area contributed by atoms with Crippen LogP contribution in [0.3, 0.4) is 0 Å². The normalized spacial score (nSPS) is 17.5. The molecule has 1 heterocycles. The third kappa shape index (κ3) is 2.79. The van der Waals surface area contributed by atoms with Crippen LogP contribution >= 0.6 is 0 Å². The first-order valence-corrected chi connectivity index (χ1v) is 7.09. The second-order valence-corrected chi connectivity index (χ2v) is 5.25. The fraction of sp³-hybridized carbons (Fsp3) is 0.176. The van der Waals surface area contributed by atoms with E-state index in [4.69, 9.17) is 5.11 Å². The number of hydrogen-bond acceptors (Lipinski definition) is 3. The van der Waals surface area contributed by atoms with Gasteiger partial charge in [0, 0.05) is 18.7 Å². The molecule has 1 fully saturated rings. The number of amides is 1. The van der Waals surface area contributed by atoms with E-state index in [1.165, 1.54) is 0 Å². The van der Waals surface area contributed by atoms with Crippen molar-refractivity contribution in [2.75, 3.05) is 16.8 Å². The largest absolute Gasteiger partial charge is 0.481 e. The van der Waals surface area contributed by atoms with Crippen molar-refractivity contribution in [3.05, 3.63) is 54.6 Å². The Morgan fingerprint density at radius 1 is 1.09 bits per heavy atom. The Kier molecular flexibility index (Phi) is 3.78. The molecule has 2 aromatic carbocycles. The number of aliphatic carboxylic acids is 1. The minimum atomic E-state index is -0.927. The number of anilines is 3. The lowest BCUT2D eigenvalue weighted by Crippen LogP contribution is -2.26. The molecule has 1 atom stereocenters. The van der Waals surface area contributed by atoms with E-state index < -0.39 is 11.9 Å². The van der Waals surface area contributed by atoms with E-state index in [0.717, 1.165) is 11.4 Å². The Balaban J connectivity index is 1.89. The number of benzene rings is 2. The van der Waals surface area contributed by atoms with Gasteiger partial charge in [-0.2, -0.15) is 0 Å². The fourth-order valence-electron chi connectivity index (χ4n) is 2.60.